The van der Waals surface area contributed by atoms with Crippen molar-refractivity contribution in [2.24, 2.45) is 0 Å². The monoisotopic (exact) mass is 376 g/mol. The number of rotatable bonds is 5. The Balaban J connectivity index is 2.12. The summed E-state index contributed by atoms with van der Waals surface area (Å²) in [4.78, 5) is 9.73. The Bertz CT molecular complexity index is 650. The summed E-state index contributed by atoms with van der Waals surface area (Å²) in [5, 5.41) is 1.03. The maximum absolute atomic E-state index is 11.9. The minimum absolute atomic E-state index is 0.167. The van der Waals surface area contributed by atoms with Gasteiger partial charge in [0, 0.05) is 10.4 Å². The summed E-state index contributed by atoms with van der Waals surface area (Å²) in [5.41, 5.74) is 0.922. The largest absolute Gasteiger partial charge is 0.584 e. The van der Waals surface area contributed by atoms with E-state index in [1.807, 2.05) is 6.07 Å². The maximum atomic E-state index is 11.9. The molecule has 0 aliphatic carbocycles. The molecule has 4 nitrogen and oxygen atoms in total. The average Bonchev–Trinajstić information content (AvgIpc) is 2.37. The van der Waals surface area contributed by atoms with Crippen molar-refractivity contribution < 1.29 is 18.5 Å². The van der Waals surface area contributed by atoms with Crippen LogP contribution in [-0.2, 0) is 9.90 Å². The lowest BCUT2D eigenvalue weighted by molar-refractivity contribution is 0.291. The Morgan fingerprint density at radius 3 is 2.30 bits per heavy atom. The topological polar surface area (TPSA) is 55.8 Å². The number of halogens is 2. The predicted molar refractivity (Wildman–Crippen MR) is 81.6 cm³/mol. The fraction of sp³-hybridized carbons (Fsp3) is 0.0769. The molecule has 0 spiro atoms. The van der Waals surface area contributed by atoms with Crippen molar-refractivity contribution in [3.05, 3.63) is 59.1 Å². The summed E-state index contributed by atoms with van der Waals surface area (Å²) in [6, 6.07) is 13.0. The lowest BCUT2D eigenvalue weighted by atomic mass is 10.2. The summed E-state index contributed by atoms with van der Waals surface area (Å²) in [7, 11) is -4.26. The molecule has 0 heterocycles. The van der Waals surface area contributed by atoms with Gasteiger partial charge in [-0.2, -0.15) is 0 Å². The number of hydrogen-bond donors (Lipinski definition) is 1. The minimum atomic E-state index is -4.26. The van der Waals surface area contributed by atoms with E-state index in [0.29, 0.717) is 10.4 Å². The highest BCUT2D eigenvalue weighted by molar-refractivity contribution is 9.08. The van der Waals surface area contributed by atoms with E-state index in [2.05, 4.69) is 15.9 Å². The van der Waals surface area contributed by atoms with Gasteiger partial charge in [-0.25, -0.2) is 4.57 Å². The summed E-state index contributed by atoms with van der Waals surface area (Å²) in [6.07, 6.45) is 0. The van der Waals surface area contributed by atoms with E-state index in [4.69, 9.17) is 20.6 Å². The second kappa shape index (κ2) is 6.64. The minimum Gasteiger partial charge on any atom is -0.395 e. The first-order valence-electron chi connectivity index (χ1n) is 5.61. The summed E-state index contributed by atoms with van der Waals surface area (Å²) < 4.78 is 21.9. The second-order valence-corrected chi connectivity index (χ2v) is 6.19. The molecule has 0 aliphatic heterocycles. The van der Waals surface area contributed by atoms with Crippen LogP contribution < -0.4 is 9.05 Å². The number of benzene rings is 2. The lowest BCUT2D eigenvalue weighted by Crippen LogP contribution is -2.00. The average molecular weight is 378 g/mol. The molecule has 0 saturated heterocycles. The van der Waals surface area contributed by atoms with Crippen LogP contribution in [0.3, 0.4) is 0 Å². The van der Waals surface area contributed by atoms with Crippen LogP contribution in [0.15, 0.2) is 48.5 Å². The van der Waals surface area contributed by atoms with Gasteiger partial charge >= 0.3 is 7.82 Å². The van der Waals surface area contributed by atoms with Gasteiger partial charge in [0.05, 0.1) is 0 Å². The quantitative estimate of drug-likeness (QED) is 0.601. The first-order chi connectivity index (χ1) is 9.48. The standard InChI is InChI=1S/C13H11BrClO4P/c14-9-10-3-1-5-12(7-10)18-20(16,17)19-13-6-2-4-11(15)8-13/h1-8H,9H2,(H,16,17). The molecule has 0 aliphatic rings. The summed E-state index contributed by atoms with van der Waals surface area (Å²) in [6.45, 7) is 0. The number of phosphoric acid groups is 1. The van der Waals surface area contributed by atoms with Gasteiger partial charge in [0.25, 0.3) is 0 Å². The van der Waals surface area contributed by atoms with E-state index < -0.39 is 7.82 Å². The fourth-order valence-corrected chi connectivity index (χ4v) is 2.82. The van der Waals surface area contributed by atoms with Crippen molar-refractivity contribution in [3.8, 4) is 11.5 Å². The summed E-state index contributed by atoms with van der Waals surface area (Å²) >= 11 is 9.08. The Morgan fingerprint density at radius 2 is 1.70 bits per heavy atom. The highest BCUT2D eigenvalue weighted by atomic mass is 79.9. The van der Waals surface area contributed by atoms with Crippen LogP contribution in [-0.4, -0.2) is 4.89 Å². The molecule has 0 fully saturated rings. The SMILES string of the molecule is O=P(O)(Oc1cccc(Cl)c1)Oc1cccc(CBr)c1. The van der Waals surface area contributed by atoms with E-state index in [1.54, 1.807) is 30.3 Å². The van der Waals surface area contributed by atoms with Gasteiger partial charge < -0.3 is 9.05 Å². The van der Waals surface area contributed by atoms with Crippen LogP contribution in [0.2, 0.25) is 5.02 Å². The third-order valence-corrected chi connectivity index (χ3v) is 4.06. The molecule has 1 N–H and O–H groups in total. The fourth-order valence-electron chi connectivity index (χ4n) is 1.49. The molecule has 2 aromatic carbocycles. The Kier molecular flexibility index (Phi) is 5.11. The summed E-state index contributed by atoms with van der Waals surface area (Å²) in [5.74, 6) is 0.426. The first-order valence-corrected chi connectivity index (χ1v) is 8.60. The van der Waals surface area contributed by atoms with Crippen LogP contribution >= 0.6 is 35.4 Å². The molecule has 106 valence electrons. The molecular formula is C13H11BrClO4P. The molecule has 0 bridgehead atoms. The van der Waals surface area contributed by atoms with Gasteiger partial charge in [0.2, 0.25) is 0 Å². The zero-order valence-electron chi connectivity index (χ0n) is 10.2. The van der Waals surface area contributed by atoms with Gasteiger partial charge in [-0.3, -0.25) is 4.89 Å². The normalized spacial score (nSPS) is 13.6. The van der Waals surface area contributed by atoms with E-state index >= 15 is 0 Å². The highest BCUT2D eigenvalue weighted by Crippen LogP contribution is 2.44. The van der Waals surface area contributed by atoms with Crippen molar-refractivity contribution in [1.29, 1.82) is 0 Å². The molecule has 2 rings (SSSR count). The highest BCUT2D eigenvalue weighted by Gasteiger charge is 2.25. The molecule has 1 atom stereocenters. The molecule has 20 heavy (non-hydrogen) atoms. The van der Waals surface area contributed by atoms with Gasteiger partial charge in [-0.15, -0.1) is 0 Å². The van der Waals surface area contributed by atoms with Crippen LogP contribution in [0.4, 0.5) is 0 Å². The molecule has 0 radical (unpaired) electrons. The van der Waals surface area contributed by atoms with Gasteiger partial charge in [0.1, 0.15) is 11.5 Å². The van der Waals surface area contributed by atoms with Crippen LogP contribution in [0.1, 0.15) is 5.56 Å². The Morgan fingerprint density at radius 1 is 1.10 bits per heavy atom. The maximum Gasteiger partial charge on any atom is 0.584 e. The molecule has 0 amide bonds. The number of hydrogen-bond acceptors (Lipinski definition) is 3. The molecule has 1 unspecified atom stereocenters. The smallest absolute Gasteiger partial charge is 0.395 e. The van der Waals surface area contributed by atoms with Crippen molar-refractivity contribution in [3.63, 3.8) is 0 Å². The molecular weight excluding hydrogens is 366 g/mol. The van der Waals surface area contributed by atoms with E-state index in [9.17, 15) is 9.46 Å². The molecule has 0 aromatic heterocycles. The van der Waals surface area contributed by atoms with Crippen molar-refractivity contribution in [1.82, 2.24) is 0 Å². The molecule has 0 saturated carbocycles. The molecule has 7 heteroatoms. The lowest BCUT2D eigenvalue weighted by Gasteiger charge is -2.14. The van der Waals surface area contributed by atoms with Gasteiger partial charge in [0.15, 0.2) is 0 Å². The van der Waals surface area contributed by atoms with Crippen molar-refractivity contribution in [2.45, 2.75) is 5.33 Å². The van der Waals surface area contributed by atoms with Crippen LogP contribution in [0, 0.1) is 0 Å². The zero-order chi connectivity index (χ0) is 14.6. The second-order valence-electron chi connectivity index (χ2n) is 3.89. The van der Waals surface area contributed by atoms with Gasteiger partial charge in [-0.05, 0) is 35.9 Å². The number of alkyl halides is 1. The van der Waals surface area contributed by atoms with E-state index in [0.717, 1.165) is 5.56 Å². The Labute approximate surface area is 130 Å². The van der Waals surface area contributed by atoms with E-state index in [-0.39, 0.29) is 11.5 Å². The third-order valence-electron chi connectivity index (χ3n) is 2.29. The number of phosphoric ester groups is 1. The molecule has 2 aromatic rings. The van der Waals surface area contributed by atoms with Gasteiger partial charge in [-0.1, -0.05) is 45.7 Å². The Hall–Kier alpha value is -1.000. The van der Waals surface area contributed by atoms with E-state index in [1.165, 1.54) is 12.1 Å². The van der Waals surface area contributed by atoms with Crippen molar-refractivity contribution >= 4 is 35.4 Å². The van der Waals surface area contributed by atoms with Crippen LogP contribution in [0.25, 0.3) is 0 Å². The van der Waals surface area contributed by atoms with Crippen LogP contribution in [0.5, 0.6) is 11.5 Å². The first kappa shape index (κ1) is 15.4. The predicted octanol–water partition coefficient (Wildman–Crippen LogP) is 4.79. The zero-order valence-corrected chi connectivity index (χ0v) is 13.4. The van der Waals surface area contributed by atoms with Crippen molar-refractivity contribution in [2.75, 3.05) is 0 Å². The third kappa shape index (κ3) is 4.53.